The van der Waals surface area contributed by atoms with Crippen LogP contribution in [-0.2, 0) is 21.3 Å². The summed E-state index contributed by atoms with van der Waals surface area (Å²) in [6, 6.07) is 4.19. The number of hydrogen-bond donors (Lipinski definition) is 0. The number of aryl methyl sites for hydroxylation is 1. The molecule has 0 aromatic carbocycles. The summed E-state index contributed by atoms with van der Waals surface area (Å²) in [7, 11) is 3.42. The van der Waals surface area contributed by atoms with Crippen molar-refractivity contribution in [2.24, 2.45) is 7.05 Å². The molecule has 1 aliphatic heterocycles. The highest BCUT2D eigenvalue weighted by molar-refractivity contribution is 5.71. The van der Waals surface area contributed by atoms with Gasteiger partial charge >= 0.3 is 5.97 Å². The Labute approximate surface area is 101 Å². The highest BCUT2D eigenvalue weighted by Gasteiger charge is 2.27. The number of morpholine rings is 1. The van der Waals surface area contributed by atoms with E-state index in [1.807, 2.05) is 19.3 Å². The lowest BCUT2D eigenvalue weighted by Crippen LogP contribution is -2.43. The summed E-state index contributed by atoms with van der Waals surface area (Å²) < 4.78 is 12.3. The molecule has 0 radical (unpaired) electrons. The van der Waals surface area contributed by atoms with E-state index in [2.05, 4.69) is 15.5 Å². The van der Waals surface area contributed by atoms with E-state index in [0.29, 0.717) is 19.8 Å². The molecule has 1 atom stereocenters. The third-order valence-corrected chi connectivity index (χ3v) is 3.12. The molecule has 1 aliphatic rings. The van der Waals surface area contributed by atoms with Crippen LogP contribution in [0.15, 0.2) is 18.3 Å². The fraction of sp³-hybridized carbons (Fsp3) is 0.583. The van der Waals surface area contributed by atoms with Crippen molar-refractivity contribution in [1.82, 2.24) is 9.47 Å². The molecule has 0 saturated carbocycles. The zero-order valence-corrected chi connectivity index (χ0v) is 10.3. The van der Waals surface area contributed by atoms with Crippen LogP contribution in [0.25, 0.3) is 0 Å². The van der Waals surface area contributed by atoms with E-state index < -0.39 is 0 Å². The molecule has 0 amide bonds. The van der Waals surface area contributed by atoms with Crippen LogP contribution in [0.1, 0.15) is 11.7 Å². The number of methoxy groups -OCH3 is 1. The van der Waals surface area contributed by atoms with Gasteiger partial charge in [0.1, 0.15) is 0 Å². The number of nitrogens with zero attached hydrogens (tertiary/aromatic N) is 2. The quantitative estimate of drug-likeness (QED) is 0.722. The van der Waals surface area contributed by atoms with E-state index in [-0.39, 0.29) is 12.0 Å². The second kappa shape index (κ2) is 5.33. The number of aromatic nitrogens is 1. The minimum atomic E-state index is -0.203. The predicted molar refractivity (Wildman–Crippen MR) is 62.6 cm³/mol. The zero-order chi connectivity index (χ0) is 12.3. The number of hydrogen-bond acceptors (Lipinski definition) is 4. The Morgan fingerprint density at radius 2 is 2.47 bits per heavy atom. The van der Waals surface area contributed by atoms with Crippen LogP contribution in [0.5, 0.6) is 0 Å². The highest BCUT2D eigenvalue weighted by Crippen LogP contribution is 2.23. The number of carbonyl (C=O) groups excluding carboxylic acids is 1. The summed E-state index contributed by atoms with van der Waals surface area (Å²) in [5.41, 5.74) is 1.16. The standard InChI is InChI=1S/C12H18N2O3/c1-13-5-3-4-10(13)11-9-17-7-6-14(11)8-12(15)16-2/h3-5,11H,6-9H2,1-2H3/t11-/m0/s1. The average Bonchev–Trinajstić information content (AvgIpc) is 2.76. The molecule has 5 nitrogen and oxygen atoms in total. The first-order valence-electron chi connectivity index (χ1n) is 5.72. The summed E-state index contributed by atoms with van der Waals surface area (Å²) in [5, 5.41) is 0. The summed E-state index contributed by atoms with van der Waals surface area (Å²) in [6.07, 6.45) is 2.00. The van der Waals surface area contributed by atoms with E-state index in [0.717, 1.165) is 12.2 Å². The van der Waals surface area contributed by atoms with Crippen LogP contribution in [0.2, 0.25) is 0 Å². The number of carbonyl (C=O) groups is 1. The third-order valence-electron chi connectivity index (χ3n) is 3.12. The Bertz CT molecular complexity index is 389. The summed E-state index contributed by atoms with van der Waals surface area (Å²) in [4.78, 5) is 13.5. The summed E-state index contributed by atoms with van der Waals surface area (Å²) in [6.45, 7) is 2.35. The molecule has 2 heterocycles. The predicted octanol–water partition coefficient (Wildman–Crippen LogP) is 0.571. The van der Waals surface area contributed by atoms with Gasteiger partial charge < -0.3 is 14.0 Å². The van der Waals surface area contributed by atoms with Crippen LogP contribution in [-0.4, -0.2) is 48.8 Å². The molecule has 2 rings (SSSR count). The molecule has 0 bridgehead atoms. The van der Waals surface area contributed by atoms with Crippen molar-refractivity contribution in [2.45, 2.75) is 6.04 Å². The van der Waals surface area contributed by atoms with Gasteiger partial charge in [-0.1, -0.05) is 0 Å². The first-order chi connectivity index (χ1) is 8.22. The lowest BCUT2D eigenvalue weighted by molar-refractivity contribution is -0.144. The summed E-state index contributed by atoms with van der Waals surface area (Å²) in [5.74, 6) is -0.203. The molecular formula is C12H18N2O3. The van der Waals surface area contributed by atoms with E-state index in [9.17, 15) is 4.79 Å². The topological polar surface area (TPSA) is 43.7 Å². The molecule has 17 heavy (non-hydrogen) atoms. The molecule has 1 fully saturated rings. The van der Waals surface area contributed by atoms with E-state index >= 15 is 0 Å². The van der Waals surface area contributed by atoms with Gasteiger partial charge in [-0.05, 0) is 12.1 Å². The Morgan fingerprint density at radius 3 is 3.12 bits per heavy atom. The van der Waals surface area contributed by atoms with Crippen molar-refractivity contribution in [3.05, 3.63) is 24.0 Å². The molecule has 94 valence electrons. The lowest BCUT2D eigenvalue weighted by atomic mass is 10.1. The van der Waals surface area contributed by atoms with Gasteiger partial charge in [-0.3, -0.25) is 9.69 Å². The molecule has 1 aromatic heterocycles. The highest BCUT2D eigenvalue weighted by atomic mass is 16.5. The lowest BCUT2D eigenvalue weighted by Gasteiger charge is -2.34. The van der Waals surface area contributed by atoms with Gasteiger partial charge in [-0.15, -0.1) is 0 Å². The van der Waals surface area contributed by atoms with E-state index in [1.165, 1.54) is 7.11 Å². The Balaban J connectivity index is 2.12. The van der Waals surface area contributed by atoms with Crippen molar-refractivity contribution in [2.75, 3.05) is 33.4 Å². The minimum absolute atomic E-state index is 0.128. The molecule has 1 saturated heterocycles. The zero-order valence-electron chi connectivity index (χ0n) is 10.3. The monoisotopic (exact) mass is 238 g/mol. The van der Waals surface area contributed by atoms with Crippen molar-refractivity contribution >= 4 is 5.97 Å². The number of rotatable bonds is 3. The van der Waals surface area contributed by atoms with E-state index in [1.54, 1.807) is 0 Å². The van der Waals surface area contributed by atoms with Gasteiger partial charge in [-0.25, -0.2) is 0 Å². The number of esters is 1. The molecule has 1 aromatic rings. The fourth-order valence-electron chi connectivity index (χ4n) is 2.15. The molecule has 0 aliphatic carbocycles. The second-order valence-corrected chi connectivity index (χ2v) is 4.18. The van der Waals surface area contributed by atoms with Crippen LogP contribution < -0.4 is 0 Å². The second-order valence-electron chi connectivity index (χ2n) is 4.18. The maximum Gasteiger partial charge on any atom is 0.319 e. The third kappa shape index (κ3) is 2.68. The largest absolute Gasteiger partial charge is 0.468 e. The van der Waals surface area contributed by atoms with Crippen LogP contribution in [0, 0.1) is 0 Å². The van der Waals surface area contributed by atoms with E-state index in [4.69, 9.17) is 9.47 Å². The van der Waals surface area contributed by atoms with Crippen molar-refractivity contribution < 1.29 is 14.3 Å². The van der Waals surface area contributed by atoms with Gasteiger partial charge in [0.05, 0.1) is 32.9 Å². The maximum absolute atomic E-state index is 11.4. The van der Waals surface area contributed by atoms with Crippen molar-refractivity contribution in [3.63, 3.8) is 0 Å². The molecule has 0 spiro atoms. The van der Waals surface area contributed by atoms with Crippen LogP contribution >= 0.6 is 0 Å². The summed E-state index contributed by atoms with van der Waals surface area (Å²) >= 11 is 0. The molecule has 0 unspecified atom stereocenters. The van der Waals surface area contributed by atoms with Gasteiger partial charge in [0.2, 0.25) is 0 Å². The van der Waals surface area contributed by atoms with Gasteiger partial charge in [0.25, 0.3) is 0 Å². The average molecular weight is 238 g/mol. The first-order valence-corrected chi connectivity index (χ1v) is 5.72. The Kier molecular flexibility index (Phi) is 3.81. The molecule has 0 N–H and O–H groups in total. The fourth-order valence-corrected chi connectivity index (χ4v) is 2.15. The van der Waals surface area contributed by atoms with Crippen LogP contribution in [0.4, 0.5) is 0 Å². The number of ether oxygens (including phenoxy) is 2. The van der Waals surface area contributed by atoms with Gasteiger partial charge in [0.15, 0.2) is 0 Å². The van der Waals surface area contributed by atoms with Gasteiger partial charge in [0, 0.05) is 25.5 Å². The SMILES string of the molecule is COC(=O)CN1CCOC[C@H]1c1cccn1C. The van der Waals surface area contributed by atoms with Crippen LogP contribution in [0.3, 0.4) is 0 Å². The van der Waals surface area contributed by atoms with Crippen molar-refractivity contribution in [3.8, 4) is 0 Å². The maximum atomic E-state index is 11.4. The first kappa shape index (κ1) is 12.1. The Hall–Kier alpha value is -1.33. The van der Waals surface area contributed by atoms with Gasteiger partial charge in [-0.2, -0.15) is 0 Å². The molecule has 5 heteroatoms. The molecular weight excluding hydrogens is 220 g/mol. The smallest absolute Gasteiger partial charge is 0.319 e. The minimum Gasteiger partial charge on any atom is -0.468 e. The van der Waals surface area contributed by atoms with Crippen molar-refractivity contribution in [1.29, 1.82) is 0 Å². The Morgan fingerprint density at radius 1 is 1.65 bits per heavy atom. The normalized spacial score (nSPS) is 21.4.